The van der Waals surface area contributed by atoms with E-state index in [0.29, 0.717) is 17.5 Å². The molecule has 0 aromatic heterocycles. The molecule has 146 valence electrons. The van der Waals surface area contributed by atoms with Gasteiger partial charge in [0.1, 0.15) is 23.9 Å². The molecule has 0 aliphatic rings. The molecule has 0 radical (unpaired) electrons. The highest BCUT2D eigenvalue weighted by Gasteiger charge is 2.35. The van der Waals surface area contributed by atoms with Crippen LogP contribution in [0, 0.1) is 12.7 Å². The Morgan fingerprint density at radius 3 is 2.41 bits per heavy atom. The Morgan fingerprint density at radius 1 is 1.11 bits per heavy atom. The molecule has 0 amide bonds. The number of ether oxygens (including phenoxy) is 2. The van der Waals surface area contributed by atoms with Crippen LogP contribution in [0.5, 0.6) is 11.5 Å². The summed E-state index contributed by atoms with van der Waals surface area (Å²) < 4.78 is 64.6. The topological polar surface area (TPSA) is 35.5 Å². The molecule has 3 nitrogen and oxygen atoms in total. The molecule has 0 fully saturated rings. The molecule has 0 aliphatic carbocycles. The molecule has 7 heteroatoms. The van der Waals surface area contributed by atoms with Crippen molar-refractivity contribution in [2.45, 2.75) is 46.4 Å². The number of carbonyl (C=O) groups is 1. The lowest BCUT2D eigenvalue weighted by Gasteiger charge is -2.18. The molecule has 0 heterocycles. The second-order valence-corrected chi connectivity index (χ2v) is 5.96. The first-order valence-corrected chi connectivity index (χ1v) is 8.48. The Kier molecular flexibility index (Phi) is 6.46. The number of benzene rings is 2. The lowest BCUT2D eigenvalue weighted by atomic mass is 10.0. The Hall–Kier alpha value is -2.57. The smallest absolute Gasteiger partial charge is 0.419 e. The fraction of sp³-hybridized carbons (Fsp3) is 0.350. The predicted molar refractivity (Wildman–Crippen MR) is 92.2 cm³/mol. The standard InChI is InChI=1S/C20H20F4O3/c1-4-13-10-15(20(22,23)24)18(9-12(13)3)26-11-14-16(21)7-6-8-17(14)27-19(25)5-2/h6-10H,4-5,11H2,1-3H3. The van der Waals surface area contributed by atoms with Crippen LogP contribution in [-0.2, 0) is 24.0 Å². The highest BCUT2D eigenvalue weighted by molar-refractivity contribution is 5.72. The van der Waals surface area contributed by atoms with Gasteiger partial charge in [0, 0.05) is 6.42 Å². The van der Waals surface area contributed by atoms with Gasteiger partial charge in [-0.05, 0) is 48.7 Å². The van der Waals surface area contributed by atoms with E-state index in [1.54, 1.807) is 20.8 Å². The van der Waals surface area contributed by atoms with Crippen molar-refractivity contribution >= 4 is 5.97 Å². The minimum Gasteiger partial charge on any atom is -0.488 e. The Labute approximate surface area is 154 Å². The van der Waals surface area contributed by atoms with Crippen LogP contribution in [0.25, 0.3) is 0 Å². The highest BCUT2D eigenvalue weighted by Crippen LogP contribution is 2.39. The maximum absolute atomic E-state index is 14.1. The van der Waals surface area contributed by atoms with Crippen LogP contribution in [0.4, 0.5) is 17.6 Å². The molecule has 2 rings (SSSR count). The average molecular weight is 384 g/mol. The van der Waals surface area contributed by atoms with Gasteiger partial charge in [0.05, 0.1) is 11.1 Å². The number of rotatable bonds is 6. The summed E-state index contributed by atoms with van der Waals surface area (Å²) in [6.07, 6.45) is -4.09. The third-order valence-corrected chi connectivity index (χ3v) is 4.08. The molecule has 0 bridgehead atoms. The van der Waals surface area contributed by atoms with E-state index in [-0.39, 0.29) is 17.7 Å². The van der Waals surface area contributed by atoms with E-state index in [0.717, 1.165) is 12.1 Å². The van der Waals surface area contributed by atoms with Crippen molar-refractivity contribution in [2.24, 2.45) is 0 Å². The van der Waals surface area contributed by atoms with Gasteiger partial charge >= 0.3 is 12.1 Å². The molecule has 0 saturated carbocycles. The van der Waals surface area contributed by atoms with E-state index in [1.807, 2.05) is 0 Å². The summed E-state index contributed by atoms with van der Waals surface area (Å²) in [5, 5.41) is 0. The molecule has 0 N–H and O–H groups in total. The molecule has 0 atom stereocenters. The summed E-state index contributed by atoms with van der Waals surface area (Å²) >= 11 is 0. The van der Waals surface area contributed by atoms with Crippen molar-refractivity contribution < 1.29 is 31.8 Å². The van der Waals surface area contributed by atoms with E-state index in [1.165, 1.54) is 18.2 Å². The number of halogens is 4. The van der Waals surface area contributed by atoms with Crippen LogP contribution in [-0.4, -0.2) is 5.97 Å². The van der Waals surface area contributed by atoms with Crippen molar-refractivity contribution in [2.75, 3.05) is 0 Å². The first-order chi connectivity index (χ1) is 12.7. The Morgan fingerprint density at radius 2 is 1.81 bits per heavy atom. The van der Waals surface area contributed by atoms with Gasteiger partial charge < -0.3 is 9.47 Å². The largest absolute Gasteiger partial charge is 0.488 e. The van der Waals surface area contributed by atoms with E-state index >= 15 is 0 Å². The van der Waals surface area contributed by atoms with Crippen molar-refractivity contribution in [3.05, 3.63) is 58.4 Å². The van der Waals surface area contributed by atoms with Gasteiger partial charge in [0.15, 0.2) is 0 Å². The van der Waals surface area contributed by atoms with Gasteiger partial charge in [-0.15, -0.1) is 0 Å². The number of hydrogen-bond donors (Lipinski definition) is 0. The Bertz CT molecular complexity index is 829. The second kappa shape index (κ2) is 8.41. The van der Waals surface area contributed by atoms with Crippen LogP contribution in [0.1, 0.15) is 42.5 Å². The third-order valence-electron chi connectivity index (χ3n) is 4.08. The van der Waals surface area contributed by atoms with Gasteiger partial charge in [-0.25, -0.2) is 4.39 Å². The van der Waals surface area contributed by atoms with Crippen molar-refractivity contribution in [3.8, 4) is 11.5 Å². The number of esters is 1. The SMILES string of the molecule is CCC(=O)Oc1cccc(F)c1COc1cc(C)c(CC)cc1C(F)(F)F. The van der Waals surface area contributed by atoms with Gasteiger partial charge in [0.25, 0.3) is 0 Å². The van der Waals surface area contributed by atoms with Crippen molar-refractivity contribution in [1.29, 1.82) is 0 Å². The maximum atomic E-state index is 14.1. The van der Waals surface area contributed by atoms with E-state index < -0.39 is 35.9 Å². The van der Waals surface area contributed by atoms with Gasteiger partial charge in [-0.3, -0.25) is 4.79 Å². The monoisotopic (exact) mass is 384 g/mol. The summed E-state index contributed by atoms with van der Waals surface area (Å²) in [5.74, 6) is -1.78. The average Bonchev–Trinajstić information content (AvgIpc) is 2.60. The minimum atomic E-state index is -4.61. The highest BCUT2D eigenvalue weighted by atomic mass is 19.4. The zero-order valence-corrected chi connectivity index (χ0v) is 15.2. The molecular formula is C20H20F4O3. The normalized spacial score (nSPS) is 11.4. The van der Waals surface area contributed by atoms with E-state index in [9.17, 15) is 22.4 Å². The maximum Gasteiger partial charge on any atom is 0.419 e. The zero-order valence-electron chi connectivity index (χ0n) is 15.2. The first kappa shape index (κ1) is 20.7. The van der Waals surface area contributed by atoms with Crippen LogP contribution in [0.2, 0.25) is 0 Å². The van der Waals surface area contributed by atoms with Gasteiger partial charge in [-0.2, -0.15) is 13.2 Å². The minimum absolute atomic E-state index is 0.0719. The van der Waals surface area contributed by atoms with Crippen LogP contribution < -0.4 is 9.47 Å². The van der Waals surface area contributed by atoms with Crippen molar-refractivity contribution in [1.82, 2.24) is 0 Å². The lowest BCUT2D eigenvalue weighted by molar-refractivity contribution is -0.139. The van der Waals surface area contributed by atoms with Crippen LogP contribution >= 0.6 is 0 Å². The number of carbonyl (C=O) groups excluding carboxylic acids is 1. The van der Waals surface area contributed by atoms with E-state index in [2.05, 4.69) is 0 Å². The number of alkyl halides is 3. The van der Waals surface area contributed by atoms with Gasteiger partial charge in [0.2, 0.25) is 0 Å². The number of aryl methyl sites for hydroxylation is 2. The predicted octanol–water partition coefficient (Wildman–Crippen LogP) is 5.61. The van der Waals surface area contributed by atoms with Crippen molar-refractivity contribution in [3.63, 3.8) is 0 Å². The van der Waals surface area contributed by atoms with Crippen LogP contribution in [0.15, 0.2) is 30.3 Å². The summed E-state index contributed by atoms with van der Waals surface area (Å²) in [4.78, 5) is 11.5. The van der Waals surface area contributed by atoms with E-state index in [4.69, 9.17) is 9.47 Å². The molecule has 2 aromatic rings. The van der Waals surface area contributed by atoms with Crippen LogP contribution in [0.3, 0.4) is 0 Å². The zero-order chi connectivity index (χ0) is 20.2. The quantitative estimate of drug-likeness (QED) is 0.369. The molecule has 0 aliphatic heterocycles. The number of hydrogen-bond acceptors (Lipinski definition) is 3. The molecule has 0 unspecified atom stereocenters. The fourth-order valence-electron chi connectivity index (χ4n) is 2.57. The molecule has 0 spiro atoms. The summed E-state index contributed by atoms with van der Waals surface area (Å²) in [5.41, 5.74) is 0.155. The lowest BCUT2D eigenvalue weighted by Crippen LogP contribution is -2.12. The Balaban J connectivity index is 2.37. The molecule has 2 aromatic carbocycles. The summed E-state index contributed by atoms with van der Waals surface area (Å²) in [6, 6.07) is 6.17. The summed E-state index contributed by atoms with van der Waals surface area (Å²) in [7, 11) is 0. The molecule has 0 saturated heterocycles. The fourth-order valence-corrected chi connectivity index (χ4v) is 2.57. The first-order valence-electron chi connectivity index (χ1n) is 8.48. The summed E-state index contributed by atoms with van der Waals surface area (Å²) in [6.45, 7) is 4.51. The second-order valence-electron chi connectivity index (χ2n) is 5.96. The molecular weight excluding hydrogens is 364 g/mol. The molecule has 27 heavy (non-hydrogen) atoms. The van der Waals surface area contributed by atoms with Gasteiger partial charge in [-0.1, -0.05) is 19.9 Å². The third kappa shape index (κ3) is 4.99.